The highest BCUT2D eigenvalue weighted by molar-refractivity contribution is 6.02. The van der Waals surface area contributed by atoms with E-state index < -0.39 is 0 Å². The van der Waals surface area contributed by atoms with E-state index >= 15 is 0 Å². The summed E-state index contributed by atoms with van der Waals surface area (Å²) in [6.45, 7) is 1.95. The molecule has 2 aliphatic rings. The largest absolute Gasteiger partial charge is 0.294 e. The van der Waals surface area contributed by atoms with Crippen molar-refractivity contribution in [1.29, 1.82) is 0 Å². The lowest BCUT2D eigenvalue weighted by atomic mass is 9.78. The molecular weight excluding hydrogens is 180 g/mol. The maximum Gasteiger partial charge on any atom is 0.244 e. The minimum Gasteiger partial charge on any atom is -0.294 e. The third-order valence-corrected chi connectivity index (χ3v) is 3.26. The quantitative estimate of drug-likeness (QED) is 0.619. The van der Waals surface area contributed by atoms with Crippen LogP contribution in [-0.2, 0) is 9.59 Å². The Hall–Kier alpha value is -0.900. The van der Waals surface area contributed by atoms with Crippen molar-refractivity contribution < 1.29 is 9.59 Å². The molecule has 78 valence electrons. The third-order valence-electron chi connectivity index (χ3n) is 3.26. The topological polar surface area (TPSA) is 58.2 Å². The van der Waals surface area contributed by atoms with Gasteiger partial charge >= 0.3 is 0 Å². The van der Waals surface area contributed by atoms with E-state index in [1.165, 1.54) is 6.42 Å². The Morgan fingerprint density at radius 2 is 2.00 bits per heavy atom. The fourth-order valence-corrected chi connectivity index (χ4v) is 2.08. The molecule has 0 spiro atoms. The van der Waals surface area contributed by atoms with Crippen molar-refractivity contribution in [3.8, 4) is 0 Å². The molecule has 2 fully saturated rings. The molecule has 2 unspecified atom stereocenters. The summed E-state index contributed by atoms with van der Waals surface area (Å²) < 4.78 is 0. The van der Waals surface area contributed by atoms with Gasteiger partial charge in [-0.15, -0.1) is 0 Å². The average Bonchev–Trinajstić information content (AvgIpc) is 2.06. The molecule has 2 rings (SSSR count). The summed E-state index contributed by atoms with van der Waals surface area (Å²) in [5, 5.41) is 5.58. The zero-order valence-electron chi connectivity index (χ0n) is 8.38. The van der Waals surface area contributed by atoms with Crippen molar-refractivity contribution >= 4 is 11.8 Å². The van der Waals surface area contributed by atoms with Crippen molar-refractivity contribution in [3.63, 3.8) is 0 Å². The Morgan fingerprint density at radius 3 is 2.50 bits per heavy atom. The van der Waals surface area contributed by atoms with Gasteiger partial charge in [0.1, 0.15) is 0 Å². The fourth-order valence-electron chi connectivity index (χ4n) is 2.08. The summed E-state index contributed by atoms with van der Waals surface area (Å²) in [6, 6.07) is -0.315. The van der Waals surface area contributed by atoms with E-state index in [1.54, 1.807) is 0 Å². The predicted octanol–water partition coefficient (Wildman–Crippen LogP) is 0.180. The molecule has 0 aromatic rings. The van der Waals surface area contributed by atoms with Gasteiger partial charge in [0, 0.05) is 0 Å². The Labute approximate surface area is 83.4 Å². The molecular formula is C10H16N2O2. The van der Waals surface area contributed by atoms with Gasteiger partial charge in [0.2, 0.25) is 11.8 Å². The van der Waals surface area contributed by atoms with Crippen molar-refractivity contribution in [1.82, 2.24) is 10.6 Å². The number of nitrogens with one attached hydrogen (secondary N) is 2. The lowest BCUT2D eigenvalue weighted by Crippen LogP contribution is -2.64. The Morgan fingerprint density at radius 1 is 1.29 bits per heavy atom. The molecule has 2 N–H and O–H groups in total. The molecule has 4 nitrogen and oxygen atoms in total. The summed E-state index contributed by atoms with van der Waals surface area (Å²) in [4.78, 5) is 22.8. The van der Waals surface area contributed by atoms with Crippen LogP contribution in [0.5, 0.6) is 0 Å². The van der Waals surface area contributed by atoms with E-state index in [-0.39, 0.29) is 23.9 Å². The van der Waals surface area contributed by atoms with E-state index in [0.717, 1.165) is 19.3 Å². The van der Waals surface area contributed by atoms with Crippen LogP contribution in [0.3, 0.4) is 0 Å². The molecule has 1 saturated heterocycles. The lowest BCUT2D eigenvalue weighted by Gasteiger charge is -2.38. The highest BCUT2D eigenvalue weighted by Gasteiger charge is 2.39. The van der Waals surface area contributed by atoms with Crippen LogP contribution < -0.4 is 10.6 Å². The molecule has 0 aromatic carbocycles. The molecule has 0 bridgehead atoms. The van der Waals surface area contributed by atoms with Crippen LogP contribution in [-0.4, -0.2) is 23.9 Å². The molecule has 0 aromatic heterocycles. The Bertz CT molecular complexity index is 261. The van der Waals surface area contributed by atoms with Crippen LogP contribution in [0.15, 0.2) is 0 Å². The van der Waals surface area contributed by atoms with E-state index in [1.807, 2.05) is 6.92 Å². The Kier molecular flexibility index (Phi) is 2.54. The molecule has 1 aliphatic heterocycles. The van der Waals surface area contributed by atoms with Gasteiger partial charge in [-0.05, 0) is 25.2 Å². The first-order valence-electron chi connectivity index (χ1n) is 5.33. The molecule has 0 radical (unpaired) electrons. The first-order valence-corrected chi connectivity index (χ1v) is 5.33. The maximum atomic E-state index is 11.5. The number of hydrogen-bond donors (Lipinski definition) is 2. The number of hydrogen-bond acceptors (Lipinski definition) is 3. The number of amides is 2. The van der Waals surface area contributed by atoms with Crippen LogP contribution in [0.4, 0.5) is 0 Å². The monoisotopic (exact) mass is 196 g/mol. The third kappa shape index (κ3) is 1.54. The summed E-state index contributed by atoms with van der Waals surface area (Å²) in [5.41, 5.74) is 0. The van der Waals surface area contributed by atoms with Gasteiger partial charge in [0.05, 0.1) is 12.1 Å². The second-order valence-electron chi connectivity index (χ2n) is 4.15. The smallest absolute Gasteiger partial charge is 0.244 e. The molecule has 1 heterocycles. The van der Waals surface area contributed by atoms with Gasteiger partial charge in [-0.25, -0.2) is 0 Å². The second-order valence-corrected chi connectivity index (χ2v) is 4.15. The van der Waals surface area contributed by atoms with E-state index in [0.29, 0.717) is 5.92 Å². The van der Waals surface area contributed by atoms with Crippen LogP contribution in [0.2, 0.25) is 0 Å². The first-order chi connectivity index (χ1) is 6.72. The van der Waals surface area contributed by atoms with Gasteiger partial charge < -0.3 is 0 Å². The summed E-state index contributed by atoms with van der Waals surface area (Å²) >= 11 is 0. The number of imide groups is 1. The van der Waals surface area contributed by atoms with Crippen molar-refractivity contribution in [2.24, 2.45) is 5.92 Å². The van der Waals surface area contributed by atoms with Crippen molar-refractivity contribution in [2.75, 3.05) is 0 Å². The highest BCUT2D eigenvalue weighted by atomic mass is 16.2. The molecule has 4 heteroatoms. The van der Waals surface area contributed by atoms with Crippen LogP contribution in [0.25, 0.3) is 0 Å². The number of carbonyl (C=O) groups excluding carboxylic acids is 2. The fraction of sp³-hybridized carbons (Fsp3) is 0.800. The second kappa shape index (κ2) is 3.69. The van der Waals surface area contributed by atoms with E-state index in [4.69, 9.17) is 0 Å². The molecule has 1 saturated carbocycles. The van der Waals surface area contributed by atoms with Gasteiger partial charge in [0.25, 0.3) is 0 Å². The van der Waals surface area contributed by atoms with Gasteiger partial charge in [-0.1, -0.05) is 13.3 Å². The summed E-state index contributed by atoms with van der Waals surface area (Å²) in [7, 11) is 0. The van der Waals surface area contributed by atoms with Gasteiger partial charge in [-0.2, -0.15) is 0 Å². The van der Waals surface area contributed by atoms with Gasteiger partial charge in [-0.3, -0.25) is 20.2 Å². The minimum atomic E-state index is -0.182. The average molecular weight is 196 g/mol. The van der Waals surface area contributed by atoms with E-state index in [9.17, 15) is 9.59 Å². The predicted molar refractivity (Wildman–Crippen MR) is 51.5 cm³/mol. The van der Waals surface area contributed by atoms with E-state index in [2.05, 4.69) is 10.6 Å². The Balaban J connectivity index is 2.02. The molecule has 1 aliphatic carbocycles. The zero-order valence-corrected chi connectivity index (χ0v) is 8.38. The maximum absolute atomic E-state index is 11.5. The van der Waals surface area contributed by atoms with Gasteiger partial charge in [0.15, 0.2) is 0 Å². The highest BCUT2D eigenvalue weighted by Crippen LogP contribution is 2.30. The minimum absolute atomic E-state index is 0.133. The zero-order chi connectivity index (χ0) is 10.1. The lowest BCUT2D eigenvalue weighted by molar-refractivity contribution is -0.138. The van der Waals surface area contributed by atoms with Crippen LogP contribution in [0.1, 0.15) is 32.6 Å². The number of rotatable bonds is 2. The first kappa shape index (κ1) is 9.65. The number of piperazine rings is 1. The van der Waals surface area contributed by atoms with Crippen LogP contribution in [0, 0.1) is 5.92 Å². The summed E-state index contributed by atoms with van der Waals surface area (Å²) in [5.74, 6) is 0.134. The SMILES string of the molecule is CCC1NC(C2CCC2)C(=O)NC1=O. The summed E-state index contributed by atoms with van der Waals surface area (Å²) in [6.07, 6.45) is 4.16. The van der Waals surface area contributed by atoms with Crippen molar-refractivity contribution in [3.05, 3.63) is 0 Å². The molecule has 2 amide bonds. The molecule has 14 heavy (non-hydrogen) atoms. The normalized spacial score (nSPS) is 33.8. The standard InChI is InChI=1S/C10H16N2O2/c1-2-7-9(13)12-10(14)8(11-7)6-4-3-5-6/h6-8,11H,2-5H2,1H3,(H,12,13,14). The molecule has 2 atom stereocenters. The van der Waals surface area contributed by atoms with Crippen molar-refractivity contribution in [2.45, 2.75) is 44.7 Å². The van der Waals surface area contributed by atoms with Crippen LogP contribution >= 0.6 is 0 Å². The number of carbonyl (C=O) groups is 2.